The minimum absolute atomic E-state index is 0.129. The molecule has 2 amide bonds. The number of carbonyl (C=O) groups excluding carboxylic acids is 1. The van der Waals surface area contributed by atoms with Crippen molar-refractivity contribution >= 4 is 12.0 Å². The Bertz CT molecular complexity index is 372. The van der Waals surface area contributed by atoms with Gasteiger partial charge >= 0.3 is 12.0 Å². The van der Waals surface area contributed by atoms with Crippen molar-refractivity contribution in [3.63, 3.8) is 0 Å². The monoisotopic (exact) mass is 268 g/mol. The molecule has 1 N–H and O–H groups in total. The third-order valence-corrected chi connectivity index (χ3v) is 4.94. The summed E-state index contributed by atoms with van der Waals surface area (Å²) in [5, 5.41) is 9.44. The summed E-state index contributed by atoms with van der Waals surface area (Å²) in [4.78, 5) is 27.3. The predicted octanol–water partition coefficient (Wildman–Crippen LogP) is 2.02. The number of nitrogens with zero attached hydrogens (tertiary/aromatic N) is 2. The molecule has 0 spiro atoms. The molecule has 0 aromatic rings. The van der Waals surface area contributed by atoms with Crippen molar-refractivity contribution in [3.8, 4) is 0 Å². The van der Waals surface area contributed by atoms with Crippen LogP contribution < -0.4 is 0 Å². The van der Waals surface area contributed by atoms with Gasteiger partial charge in [-0.15, -0.1) is 0 Å². The van der Waals surface area contributed by atoms with Gasteiger partial charge in [0.2, 0.25) is 0 Å². The predicted molar refractivity (Wildman–Crippen MR) is 71.9 cm³/mol. The van der Waals surface area contributed by atoms with Crippen molar-refractivity contribution in [2.75, 3.05) is 13.6 Å². The van der Waals surface area contributed by atoms with Crippen LogP contribution in [0.4, 0.5) is 4.79 Å². The molecule has 5 nitrogen and oxygen atoms in total. The number of carboxylic acids is 1. The number of hydrogen-bond acceptors (Lipinski definition) is 2. The molecule has 0 bridgehead atoms. The quantitative estimate of drug-likeness (QED) is 0.852. The number of aliphatic carboxylic acids is 1. The number of likely N-dealkylation sites (tertiary alicyclic amines) is 1. The zero-order chi connectivity index (χ0) is 14.2. The topological polar surface area (TPSA) is 60.9 Å². The fourth-order valence-corrected chi connectivity index (χ4v) is 3.48. The van der Waals surface area contributed by atoms with Gasteiger partial charge in [-0.05, 0) is 38.0 Å². The second kappa shape index (κ2) is 5.39. The standard InChI is InChI=1S/C14H24N2O3/c1-4-9(2)15(3)14(19)16-8-10-6-5-7-11(10)12(16)13(17)18/h9-12H,4-8H2,1-3H3,(H,17,18). The van der Waals surface area contributed by atoms with Gasteiger partial charge in [0.05, 0.1) is 0 Å². The van der Waals surface area contributed by atoms with Gasteiger partial charge in [0.15, 0.2) is 0 Å². The van der Waals surface area contributed by atoms with E-state index in [0.29, 0.717) is 12.5 Å². The van der Waals surface area contributed by atoms with Crippen LogP contribution >= 0.6 is 0 Å². The average Bonchev–Trinajstić information content (AvgIpc) is 2.94. The van der Waals surface area contributed by atoms with Crippen LogP contribution in [0, 0.1) is 11.8 Å². The summed E-state index contributed by atoms with van der Waals surface area (Å²) >= 11 is 0. The summed E-state index contributed by atoms with van der Waals surface area (Å²) in [6.45, 7) is 4.63. The van der Waals surface area contributed by atoms with Gasteiger partial charge in [0, 0.05) is 19.6 Å². The molecular weight excluding hydrogens is 244 g/mol. The van der Waals surface area contributed by atoms with Gasteiger partial charge in [-0.3, -0.25) is 0 Å². The van der Waals surface area contributed by atoms with Gasteiger partial charge < -0.3 is 14.9 Å². The Kier molecular flexibility index (Phi) is 4.02. The number of amides is 2. The molecule has 5 heteroatoms. The second-order valence-electron chi connectivity index (χ2n) is 5.94. The average molecular weight is 268 g/mol. The maximum Gasteiger partial charge on any atom is 0.326 e. The van der Waals surface area contributed by atoms with E-state index in [0.717, 1.165) is 25.7 Å². The van der Waals surface area contributed by atoms with Crippen LogP contribution in [0.1, 0.15) is 39.5 Å². The molecule has 108 valence electrons. The molecule has 2 aliphatic rings. The smallest absolute Gasteiger partial charge is 0.326 e. The number of carbonyl (C=O) groups is 2. The zero-order valence-corrected chi connectivity index (χ0v) is 12.0. The molecule has 1 saturated carbocycles. The molecule has 1 aliphatic heterocycles. The van der Waals surface area contributed by atoms with Crippen LogP contribution in [0.3, 0.4) is 0 Å². The van der Waals surface area contributed by atoms with Crippen LogP contribution in [-0.2, 0) is 4.79 Å². The number of carboxylic acid groups (broad SMARTS) is 1. The molecule has 4 atom stereocenters. The van der Waals surface area contributed by atoms with E-state index in [1.165, 1.54) is 0 Å². The fourth-order valence-electron chi connectivity index (χ4n) is 3.48. The van der Waals surface area contributed by atoms with E-state index in [2.05, 4.69) is 0 Å². The van der Waals surface area contributed by atoms with Gasteiger partial charge in [0.25, 0.3) is 0 Å². The highest BCUT2D eigenvalue weighted by Gasteiger charge is 2.50. The molecule has 1 heterocycles. The van der Waals surface area contributed by atoms with E-state index in [-0.39, 0.29) is 18.0 Å². The Labute approximate surface area is 114 Å². The summed E-state index contributed by atoms with van der Waals surface area (Å²) in [6, 6.07) is -0.606. The first-order valence-corrected chi connectivity index (χ1v) is 7.23. The number of hydrogen-bond donors (Lipinski definition) is 1. The Morgan fingerprint density at radius 3 is 2.68 bits per heavy atom. The molecule has 1 aliphatic carbocycles. The lowest BCUT2D eigenvalue weighted by Gasteiger charge is -2.32. The van der Waals surface area contributed by atoms with E-state index < -0.39 is 12.0 Å². The summed E-state index contributed by atoms with van der Waals surface area (Å²) in [5.41, 5.74) is 0. The maximum absolute atomic E-state index is 12.5. The first-order chi connectivity index (χ1) is 8.97. The van der Waals surface area contributed by atoms with E-state index in [1.807, 2.05) is 13.8 Å². The number of rotatable bonds is 3. The lowest BCUT2D eigenvalue weighted by atomic mass is 9.94. The van der Waals surface area contributed by atoms with Gasteiger partial charge in [-0.1, -0.05) is 13.3 Å². The third kappa shape index (κ3) is 2.42. The van der Waals surface area contributed by atoms with Crippen molar-refractivity contribution in [2.24, 2.45) is 11.8 Å². The van der Waals surface area contributed by atoms with Gasteiger partial charge in [-0.2, -0.15) is 0 Å². The summed E-state index contributed by atoms with van der Waals surface area (Å²) in [7, 11) is 1.77. The lowest BCUT2D eigenvalue weighted by Crippen LogP contribution is -2.50. The Hall–Kier alpha value is -1.26. The molecule has 1 saturated heterocycles. The fraction of sp³-hybridized carbons (Fsp3) is 0.857. The van der Waals surface area contributed by atoms with Crippen molar-refractivity contribution in [2.45, 2.75) is 51.6 Å². The van der Waals surface area contributed by atoms with E-state index in [4.69, 9.17) is 0 Å². The Morgan fingerprint density at radius 1 is 1.42 bits per heavy atom. The minimum atomic E-state index is -0.847. The van der Waals surface area contributed by atoms with E-state index in [1.54, 1.807) is 16.8 Å². The number of urea groups is 1. The van der Waals surface area contributed by atoms with Crippen LogP contribution in [0.5, 0.6) is 0 Å². The van der Waals surface area contributed by atoms with Crippen LogP contribution in [0.15, 0.2) is 0 Å². The van der Waals surface area contributed by atoms with Crippen LogP contribution in [-0.4, -0.2) is 52.6 Å². The summed E-state index contributed by atoms with van der Waals surface area (Å²) < 4.78 is 0. The lowest BCUT2D eigenvalue weighted by molar-refractivity contribution is -0.142. The molecule has 2 rings (SSSR count). The highest BCUT2D eigenvalue weighted by Crippen LogP contribution is 2.42. The molecule has 4 unspecified atom stereocenters. The summed E-state index contributed by atoms with van der Waals surface area (Å²) in [5.74, 6) is -0.303. The van der Waals surface area contributed by atoms with Gasteiger partial charge in [0.1, 0.15) is 6.04 Å². The molecule has 0 aromatic heterocycles. The van der Waals surface area contributed by atoms with Crippen molar-refractivity contribution in [3.05, 3.63) is 0 Å². The Balaban J connectivity index is 2.14. The third-order valence-electron chi connectivity index (χ3n) is 4.94. The zero-order valence-electron chi connectivity index (χ0n) is 12.0. The van der Waals surface area contributed by atoms with Crippen LogP contribution in [0.2, 0.25) is 0 Å². The largest absolute Gasteiger partial charge is 0.480 e. The molecule has 2 fully saturated rings. The normalized spacial score (nSPS) is 31.1. The van der Waals surface area contributed by atoms with E-state index >= 15 is 0 Å². The molecule has 19 heavy (non-hydrogen) atoms. The minimum Gasteiger partial charge on any atom is -0.480 e. The van der Waals surface area contributed by atoms with E-state index in [9.17, 15) is 14.7 Å². The number of fused-ring (bicyclic) bond motifs is 1. The molecular formula is C14H24N2O3. The highest BCUT2D eigenvalue weighted by molar-refractivity contribution is 5.84. The SMILES string of the molecule is CCC(C)N(C)C(=O)N1CC2CCCC2C1C(=O)O. The molecule has 0 radical (unpaired) electrons. The van der Waals surface area contributed by atoms with Crippen molar-refractivity contribution in [1.29, 1.82) is 0 Å². The first-order valence-electron chi connectivity index (χ1n) is 7.23. The second-order valence-corrected chi connectivity index (χ2v) is 5.94. The Morgan fingerprint density at radius 2 is 2.11 bits per heavy atom. The van der Waals surface area contributed by atoms with Crippen molar-refractivity contribution < 1.29 is 14.7 Å². The van der Waals surface area contributed by atoms with Crippen LogP contribution in [0.25, 0.3) is 0 Å². The highest BCUT2D eigenvalue weighted by atomic mass is 16.4. The first kappa shape index (κ1) is 14.2. The molecule has 0 aromatic carbocycles. The maximum atomic E-state index is 12.5. The van der Waals surface area contributed by atoms with Crippen molar-refractivity contribution in [1.82, 2.24) is 9.80 Å². The summed E-state index contributed by atoms with van der Waals surface area (Å²) in [6.07, 6.45) is 3.98. The van der Waals surface area contributed by atoms with Gasteiger partial charge in [-0.25, -0.2) is 9.59 Å².